The molecule has 0 radical (unpaired) electrons. The van der Waals surface area contributed by atoms with E-state index in [4.69, 9.17) is 21.1 Å². The summed E-state index contributed by atoms with van der Waals surface area (Å²) in [4.78, 5) is 28.2. The van der Waals surface area contributed by atoms with Gasteiger partial charge in [0.05, 0.1) is 12.1 Å². The maximum atomic E-state index is 15.1. The molecule has 9 nitrogen and oxygen atoms in total. The van der Waals surface area contributed by atoms with Gasteiger partial charge in [-0.05, 0) is 87.7 Å². The van der Waals surface area contributed by atoms with E-state index in [1.807, 2.05) is 19.1 Å². The average molecular weight is 729 g/mol. The van der Waals surface area contributed by atoms with Crippen LogP contribution in [0.15, 0.2) is 60.8 Å². The van der Waals surface area contributed by atoms with Crippen molar-refractivity contribution >= 4 is 35.1 Å². The number of alkyl halides is 3. The standard InChI is InChI=1S/C37H41ClF4N6O3/c1-23(2)47-14-12-46(13-15-47)16-17-50-32-9-7-29(21-31(32)39)44-35-43-11-10-33(45-35)48(22-27-20-28(37(40,41)42)6-8-30(27)38)36(49)51-34-25(4)18-24(3)19-26(34)5/h6-11,18-21,23H,12-17,22H2,1-5H3,(H,43,44,45). The molecule has 0 spiro atoms. The van der Waals surface area contributed by atoms with Crippen LogP contribution in [0.1, 0.15) is 41.7 Å². The lowest BCUT2D eigenvalue weighted by Crippen LogP contribution is -2.49. The molecule has 1 aliphatic rings. The SMILES string of the molecule is Cc1cc(C)c(OC(=O)N(Cc2cc(C(F)(F)F)ccc2Cl)c2ccnc(Nc3ccc(OCCN4CCN(C(C)C)CC4)c(F)c3)n2)c(C)c1. The molecule has 3 aromatic carbocycles. The predicted molar refractivity (Wildman–Crippen MR) is 190 cm³/mol. The van der Waals surface area contributed by atoms with E-state index in [0.717, 1.165) is 54.8 Å². The van der Waals surface area contributed by atoms with Crippen molar-refractivity contribution in [2.45, 2.75) is 53.4 Å². The van der Waals surface area contributed by atoms with Crippen LogP contribution in [-0.2, 0) is 12.7 Å². The molecule has 1 aliphatic heterocycles. The number of ether oxygens (including phenoxy) is 2. The van der Waals surface area contributed by atoms with E-state index < -0.39 is 30.2 Å². The molecule has 1 N–H and O–H groups in total. The van der Waals surface area contributed by atoms with Crippen molar-refractivity contribution in [1.82, 2.24) is 19.8 Å². The molecule has 1 saturated heterocycles. The van der Waals surface area contributed by atoms with Crippen LogP contribution >= 0.6 is 11.6 Å². The van der Waals surface area contributed by atoms with Crippen LogP contribution in [0.25, 0.3) is 0 Å². The molecule has 51 heavy (non-hydrogen) atoms. The molecule has 4 aromatic rings. The fourth-order valence-corrected chi connectivity index (χ4v) is 6.10. The Kier molecular flexibility index (Phi) is 12.0. The van der Waals surface area contributed by atoms with Crippen molar-refractivity contribution in [1.29, 1.82) is 0 Å². The van der Waals surface area contributed by atoms with E-state index in [2.05, 4.69) is 38.9 Å². The monoisotopic (exact) mass is 728 g/mol. The predicted octanol–water partition coefficient (Wildman–Crippen LogP) is 8.57. The summed E-state index contributed by atoms with van der Waals surface area (Å²) in [5.41, 5.74) is 1.76. The number of aromatic nitrogens is 2. The molecule has 5 rings (SSSR count). The minimum atomic E-state index is -4.63. The van der Waals surface area contributed by atoms with Gasteiger partial charge in [-0.25, -0.2) is 14.2 Å². The summed E-state index contributed by atoms with van der Waals surface area (Å²) < 4.78 is 67.4. The third-order valence-corrected chi connectivity index (χ3v) is 8.99. The third-order valence-electron chi connectivity index (χ3n) is 8.62. The van der Waals surface area contributed by atoms with Crippen LogP contribution in [0.2, 0.25) is 5.02 Å². The molecular weight excluding hydrogens is 688 g/mol. The smallest absolute Gasteiger partial charge is 0.421 e. The topological polar surface area (TPSA) is 83.1 Å². The first-order chi connectivity index (χ1) is 24.2. The molecule has 2 heterocycles. The van der Waals surface area contributed by atoms with Crippen molar-refractivity contribution in [3.8, 4) is 11.5 Å². The molecule has 272 valence electrons. The Labute approximate surface area is 300 Å². The summed E-state index contributed by atoms with van der Waals surface area (Å²) in [7, 11) is 0. The number of halogens is 5. The second-order valence-corrected chi connectivity index (χ2v) is 13.2. The number of hydrogen-bond donors (Lipinski definition) is 1. The molecule has 1 amide bonds. The van der Waals surface area contributed by atoms with Crippen LogP contribution in [-0.4, -0.2) is 71.2 Å². The number of carbonyl (C=O) groups is 1. The van der Waals surface area contributed by atoms with Gasteiger partial charge in [0, 0.05) is 61.7 Å². The number of hydrogen-bond acceptors (Lipinski definition) is 8. The zero-order valence-corrected chi connectivity index (χ0v) is 29.9. The Hall–Kier alpha value is -4.46. The number of anilines is 3. The summed E-state index contributed by atoms with van der Waals surface area (Å²) in [5, 5.41) is 2.94. The largest absolute Gasteiger partial charge is 0.489 e. The second-order valence-electron chi connectivity index (χ2n) is 12.8. The van der Waals surface area contributed by atoms with Gasteiger partial charge in [-0.15, -0.1) is 0 Å². The molecular formula is C37H41ClF4N6O3. The Morgan fingerprint density at radius 2 is 1.71 bits per heavy atom. The van der Waals surface area contributed by atoms with Crippen molar-refractivity contribution in [3.63, 3.8) is 0 Å². The van der Waals surface area contributed by atoms with E-state index in [1.54, 1.807) is 19.9 Å². The minimum Gasteiger partial charge on any atom is -0.489 e. The molecule has 0 atom stereocenters. The lowest BCUT2D eigenvalue weighted by atomic mass is 10.1. The highest BCUT2D eigenvalue weighted by Crippen LogP contribution is 2.34. The van der Waals surface area contributed by atoms with Gasteiger partial charge >= 0.3 is 12.3 Å². The van der Waals surface area contributed by atoms with Gasteiger partial charge in [-0.2, -0.15) is 18.2 Å². The maximum absolute atomic E-state index is 15.1. The van der Waals surface area contributed by atoms with E-state index in [1.165, 1.54) is 24.4 Å². The highest BCUT2D eigenvalue weighted by Gasteiger charge is 2.32. The average Bonchev–Trinajstić information content (AvgIpc) is 3.06. The number of nitrogens with one attached hydrogen (secondary N) is 1. The van der Waals surface area contributed by atoms with Crippen LogP contribution in [0, 0.1) is 26.6 Å². The first-order valence-corrected chi connectivity index (χ1v) is 17.0. The van der Waals surface area contributed by atoms with Gasteiger partial charge in [0.1, 0.15) is 18.2 Å². The number of carbonyl (C=O) groups excluding carboxylic acids is 1. The number of nitrogens with zero attached hydrogens (tertiary/aromatic N) is 5. The third kappa shape index (κ3) is 9.87. The lowest BCUT2D eigenvalue weighted by Gasteiger charge is -2.36. The van der Waals surface area contributed by atoms with Crippen molar-refractivity contribution in [2.24, 2.45) is 0 Å². The molecule has 0 aliphatic carbocycles. The van der Waals surface area contributed by atoms with E-state index in [9.17, 15) is 18.0 Å². The van der Waals surface area contributed by atoms with Crippen LogP contribution in [0.3, 0.4) is 0 Å². The Morgan fingerprint density at radius 1 is 1.00 bits per heavy atom. The molecule has 1 aromatic heterocycles. The fourth-order valence-electron chi connectivity index (χ4n) is 5.92. The normalized spacial score (nSPS) is 14.1. The number of amides is 1. The van der Waals surface area contributed by atoms with Gasteiger partial charge < -0.3 is 14.8 Å². The van der Waals surface area contributed by atoms with Gasteiger partial charge in [0.25, 0.3) is 0 Å². The van der Waals surface area contributed by atoms with E-state index in [-0.39, 0.29) is 28.1 Å². The van der Waals surface area contributed by atoms with Crippen molar-refractivity contribution in [3.05, 3.63) is 99.5 Å². The van der Waals surface area contributed by atoms with Crippen molar-refractivity contribution in [2.75, 3.05) is 49.5 Å². The minimum absolute atomic E-state index is 0.00282. The quantitative estimate of drug-likeness (QED) is 0.154. The molecule has 1 fully saturated rings. The highest BCUT2D eigenvalue weighted by molar-refractivity contribution is 6.31. The van der Waals surface area contributed by atoms with E-state index in [0.29, 0.717) is 41.8 Å². The zero-order valence-electron chi connectivity index (χ0n) is 29.2. The first kappa shape index (κ1) is 37.8. The summed E-state index contributed by atoms with van der Waals surface area (Å²) in [6, 6.07) is 12.8. The summed E-state index contributed by atoms with van der Waals surface area (Å²) in [6.45, 7) is 14.3. The number of piperazine rings is 1. The van der Waals surface area contributed by atoms with Crippen LogP contribution in [0.4, 0.5) is 39.8 Å². The zero-order chi connectivity index (χ0) is 36.9. The lowest BCUT2D eigenvalue weighted by molar-refractivity contribution is -0.137. The fraction of sp³-hybridized carbons (Fsp3) is 0.378. The molecule has 0 bridgehead atoms. The van der Waals surface area contributed by atoms with Crippen LogP contribution < -0.4 is 19.7 Å². The number of aryl methyl sites for hydroxylation is 3. The van der Waals surface area contributed by atoms with Gasteiger partial charge in [-0.3, -0.25) is 14.7 Å². The number of benzene rings is 3. The highest BCUT2D eigenvalue weighted by atomic mass is 35.5. The Balaban J connectivity index is 1.33. The first-order valence-electron chi connectivity index (χ1n) is 16.6. The van der Waals surface area contributed by atoms with Gasteiger partial charge in [0.15, 0.2) is 11.6 Å². The Bertz CT molecular complexity index is 1830. The summed E-state index contributed by atoms with van der Waals surface area (Å²) in [5.74, 6) is -0.178. The van der Waals surface area contributed by atoms with Gasteiger partial charge in [-0.1, -0.05) is 29.3 Å². The second kappa shape index (κ2) is 16.3. The summed E-state index contributed by atoms with van der Waals surface area (Å²) in [6.07, 6.45) is -4.18. The maximum Gasteiger partial charge on any atom is 0.421 e. The molecule has 0 unspecified atom stereocenters. The van der Waals surface area contributed by atoms with Gasteiger partial charge in [0.2, 0.25) is 5.95 Å². The molecule has 0 saturated carbocycles. The summed E-state index contributed by atoms with van der Waals surface area (Å²) >= 11 is 6.32. The van der Waals surface area contributed by atoms with Crippen molar-refractivity contribution < 1.29 is 31.8 Å². The molecule has 14 heteroatoms. The Morgan fingerprint density at radius 3 is 2.35 bits per heavy atom. The van der Waals surface area contributed by atoms with Crippen LogP contribution in [0.5, 0.6) is 11.5 Å². The number of rotatable bonds is 11. The van der Waals surface area contributed by atoms with E-state index >= 15 is 4.39 Å².